The monoisotopic (exact) mass is 71.1 g/mol. The smallest absolute Gasteiger partial charge is 0.00652 e. The molecule has 5 heavy (non-hydrogen) atoms. The van der Waals surface area contributed by atoms with Crippen molar-refractivity contribution in [2.24, 2.45) is 0 Å². The minimum Gasteiger partial charge on any atom is -0.317 e. The van der Waals surface area contributed by atoms with Gasteiger partial charge in [0.05, 0.1) is 0 Å². The van der Waals surface area contributed by atoms with E-state index in [2.05, 4.69) is 19.2 Å². The number of hydrogen-bond acceptors (Lipinski definition) is 1. The maximum Gasteiger partial charge on any atom is 0.00652 e. The van der Waals surface area contributed by atoms with E-state index in [0.717, 1.165) is 0 Å². The molecule has 0 amide bonds. The Labute approximate surface area is 33.4 Å². The molecule has 0 aliphatic carbocycles. The first-order chi connectivity index (χ1) is 2.27. The van der Waals surface area contributed by atoms with Gasteiger partial charge in [0, 0.05) is 6.04 Å². The molecule has 0 aromatic rings. The zero-order valence-electron chi connectivity index (χ0n) is 3.49. The Hall–Kier alpha value is -0.0400. The normalized spacial score (nSPS) is 9.60. The molecule has 0 aliphatic heterocycles. The summed E-state index contributed by atoms with van der Waals surface area (Å²) in [7, 11) is 1.82. The van der Waals surface area contributed by atoms with Crippen molar-refractivity contribution in [3.63, 3.8) is 0 Å². The van der Waals surface area contributed by atoms with Gasteiger partial charge < -0.3 is 5.32 Å². The number of hydrogen-bond donors (Lipinski definition) is 1. The molecule has 0 bridgehead atoms. The molecular weight excluding hydrogens is 62.1 g/mol. The van der Waals surface area contributed by atoms with Crippen molar-refractivity contribution in [3.8, 4) is 0 Å². The molecule has 0 aromatic carbocycles. The molecule has 2 radical (unpaired) electrons. The molecule has 0 saturated heterocycles. The third-order valence-electron chi connectivity index (χ3n) is 0.408. The van der Waals surface area contributed by atoms with Gasteiger partial charge in [0.15, 0.2) is 0 Å². The van der Waals surface area contributed by atoms with Gasteiger partial charge in [-0.2, -0.15) is 0 Å². The van der Waals surface area contributed by atoms with Crippen molar-refractivity contribution in [2.45, 2.75) is 6.04 Å². The summed E-state index contributed by atoms with van der Waals surface area (Å²) in [5, 5.41) is 2.81. The SMILES string of the molecule is [CH2]C([CH2])NC. The average Bonchev–Trinajstić information content (AvgIpc) is 1.38. The van der Waals surface area contributed by atoms with E-state index in [9.17, 15) is 0 Å². The van der Waals surface area contributed by atoms with Crippen LogP contribution in [0, 0.1) is 13.8 Å². The van der Waals surface area contributed by atoms with E-state index in [-0.39, 0.29) is 6.04 Å². The highest BCUT2D eigenvalue weighted by atomic mass is 14.8. The third-order valence-corrected chi connectivity index (χ3v) is 0.408. The Morgan fingerprint density at radius 2 is 1.80 bits per heavy atom. The second kappa shape index (κ2) is 2.21. The summed E-state index contributed by atoms with van der Waals surface area (Å²) < 4.78 is 0. The Balaban J connectivity index is 2.54. The van der Waals surface area contributed by atoms with E-state index in [4.69, 9.17) is 0 Å². The molecule has 0 saturated carbocycles. The summed E-state index contributed by atoms with van der Waals surface area (Å²) in [5.41, 5.74) is 0. The predicted molar refractivity (Wildman–Crippen MR) is 23.6 cm³/mol. The zero-order chi connectivity index (χ0) is 4.28. The van der Waals surface area contributed by atoms with Crippen LogP contribution in [0.1, 0.15) is 0 Å². The summed E-state index contributed by atoms with van der Waals surface area (Å²) >= 11 is 0. The summed E-state index contributed by atoms with van der Waals surface area (Å²) in [6.07, 6.45) is 0. The highest BCUT2D eigenvalue weighted by Gasteiger charge is 1.77. The van der Waals surface area contributed by atoms with Crippen molar-refractivity contribution < 1.29 is 0 Å². The molecule has 0 aliphatic rings. The van der Waals surface area contributed by atoms with Gasteiger partial charge >= 0.3 is 0 Å². The van der Waals surface area contributed by atoms with E-state index >= 15 is 0 Å². The van der Waals surface area contributed by atoms with Gasteiger partial charge in [0.1, 0.15) is 0 Å². The van der Waals surface area contributed by atoms with Crippen LogP contribution in [0.25, 0.3) is 0 Å². The Morgan fingerprint density at radius 1 is 1.60 bits per heavy atom. The molecule has 0 rings (SSSR count). The summed E-state index contributed by atoms with van der Waals surface area (Å²) in [4.78, 5) is 0. The lowest BCUT2D eigenvalue weighted by atomic mass is 10.4. The van der Waals surface area contributed by atoms with Crippen LogP contribution in [0.2, 0.25) is 0 Å². The molecule has 0 aromatic heterocycles. The van der Waals surface area contributed by atoms with E-state index in [1.54, 1.807) is 0 Å². The minimum atomic E-state index is 0.134. The molecule has 0 spiro atoms. The van der Waals surface area contributed by atoms with E-state index in [1.807, 2.05) is 7.05 Å². The van der Waals surface area contributed by atoms with Crippen LogP contribution in [0.5, 0.6) is 0 Å². The third kappa shape index (κ3) is 3.96. The zero-order valence-corrected chi connectivity index (χ0v) is 3.49. The van der Waals surface area contributed by atoms with Gasteiger partial charge in [-0.15, -0.1) is 0 Å². The van der Waals surface area contributed by atoms with E-state index in [1.165, 1.54) is 0 Å². The van der Waals surface area contributed by atoms with Crippen molar-refractivity contribution in [1.29, 1.82) is 0 Å². The van der Waals surface area contributed by atoms with Crippen LogP contribution in [0.3, 0.4) is 0 Å². The molecule has 1 nitrogen and oxygen atoms in total. The molecule has 0 unspecified atom stereocenters. The fourth-order valence-electron chi connectivity index (χ4n) is 0. The quantitative estimate of drug-likeness (QED) is 0.467. The van der Waals surface area contributed by atoms with Crippen molar-refractivity contribution in [3.05, 3.63) is 13.8 Å². The maximum atomic E-state index is 3.53. The van der Waals surface area contributed by atoms with Crippen molar-refractivity contribution in [2.75, 3.05) is 7.05 Å². The Morgan fingerprint density at radius 3 is 1.80 bits per heavy atom. The molecule has 0 fully saturated rings. The number of nitrogens with one attached hydrogen (secondary N) is 1. The van der Waals surface area contributed by atoms with Crippen LogP contribution in [-0.2, 0) is 0 Å². The fraction of sp³-hybridized carbons (Fsp3) is 0.500. The van der Waals surface area contributed by atoms with Crippen LogP contribution in [0.4, 0.5) is 0 Å². The van der Waals surface area contributed by atoms with E-state index in [0.29, 0.717) is 0 Å². The van der Waals surface area contributed by atoms with Crippen LogP contribution in [0.15, 0.2) is 0 Å². The predicted octanol–water partition coefficient (Wildman–Crippen LogP) is 0.243. The second-order valence-corrected chi connectivity index (χ2v) is 0.986. The largest absolute Gasteiger partial charge is 0.317 e. The lowest BCUT2D eigenvalue weighted by molar-refractivity contribution is 0.784. The summed E-state index contributed by atoms with van der Waals surface area (Å²) in [6, 6.07) is 0.134. The standard InChI is InChI=1S/C4H9N/c1-4(2)5-3/h4-5H,1-2H2,3H3. The van der Waals surface area contributed by atoms with E-state index < -0.39 is 0 Å². The van der Waals surface area contributed by atoms with Gasteiger partial charge in [0.25, 0.3) is 0 Å². The van der Waals surface area contributed by atoms with Gasteiger partial charge in [-0.25, -0.2) is 0 Å². The van der Waals surface area contributed by atoms with Crippen LogP contribution < -0.4 is 5.32 Å². The topological polar surface area (TPSA) is 12.0 Å². The first kappa shape index (κ1) is 4.96. The van der Waals surface area contributed by atoms with Gasteiger partial charge in [-0.1, -0.05) is 0 Å². The molecule has 0 heterocycles. The number of rotatable bonds is 1. The minimum absolute atomic E-state index is 0.134. The van der Waals surface area contributed by atoms with Crippen LogP contribution >= 0.6 is 0 Å². The first-order valence-electron chi connectivity index (χ1n) is 1.61. The highest BCUT2D eigenvalue weighted by molar-refractivity contribution is 4.66. The van der Waals surface area contributed by atoms with Gasteiger partial charge in [-0.05, 0) is 20.9 Å². The molecule has 30 valence electrons. The lowest BCUT2D eigenvalue weighted by Gasteiger charge is -1.94. The Kier molecular flexibility index (Phi) is 2.19. The fourth-order valence-corrected chi connectivity index (χ4v) is 0. The summed E-state index contributed by atoms with van der Waals surface area (Å²) in [6.45, 7) is 7.07. The molecule has 1 N–H and O–H groups in total. The summed E-state index contributed by atoms with van der Waals surface area (Å²) in [5.74, 6) is 0. The molecule has 0 atom stereocenters. The molecular formula is C4H9N. The van der Waals surface area contributed by atoms with Gasteiger partial charge in [0.2, 0.25) is 0 Å². The van der Waals surface area contributed by atoms with Gasteiger partial charge in [-0.3, -0.25) is 0 Å². The lowest BCUT2D eigenvalue weighted by Crippen LogP contribution is -2.16. The highest BCUT2D eigenvalue weighted by Crippen LogP contribution is 1.64. The second-order valence-electron chi connectivity index (χ2n) is 0.986. The average molecular weight is 71.1 g/mol. The van der Waals surface area contributed by atoms with Crippen LogP contribution in [-0.4, -0.2) is 13.1 Å². The van der Waals surface area contributed by atoms with Crippen molar-refractivity contribution >= 4 is 0 Å². The first-order valence-corrected chi connectivity index (χ1v) is 1.61. The van der Waals surface area contributed by atoms with Crippen molar-refractivity contribution in [1.82, 2.24) is 5.32 Å². The maximum absolute atomic E-state index is 3.53. The molecule has 1 heteroatoms. The Bertz CT molecular complexity index is 17.6.